The minimum atomic E-state index is -0.162. The summed E-state index contributed by atoms with van der Waals surface area (Å²) in [6.07, 6.45) is 9.46. The summed E-state index contributed by atoms with van der Waals surface area (Å²) < 4.78 is 13.6. The van der Waals surface area contributed by atoms with Crippen LogP contribution in [-0.2, 0) is 10.8 Å². The summed E-state index contributed by atoms with van der Waals surface area (Å²) >= 11 is 0. The average molecular weight is 831 g/mol. The third-order valence-electron chi connectivity index (χ3n) is 17.2. The molecule has 2 saturated carbocycles. The van der Waals surface area contributed by atoms with Gasteiger partial charge in [-0.15, -0.1) is 0 Å². The fourth-order valence-corrected chi connectivity index (χ4v) is 13.1. The summed E-state index contributed by atoms with van der Waals surface area (Å²) in [7, 11) is 0. The molecule has 0 spiro atoms. The van der Waals surface area contributed by atoms with Gasteiger partial charge in [-0.05, 0) is 176 Å². The molecule has 9 aromatic rings. The average Bonchev–Trinajstić information content (AvgIpc) is 3.71. The first-order chi connectivity index (χ1) is 31.1. The van der Waals surface area contributed by atoms with Crippen LogP contribution in [0.15, 0.2) is 158 Å². The Labute approximate surface area is 376 Å². The maximum absolute atomic E-state index is 6.82. The van der Waals surface area contributed by atoms with E-state index < -0.39 is 0 Å². The normalized spacial score (nSPS) is 24.6. The molecular formula is C62H54O2. The van der Waals surface area contributed by atoms with Crippen LogP contribution in [0.2, 0.25) is 0 Å². The highest BCUT2D eigenvalue weighted by Gasteiger charge is 2.56. The summed E-state index contributed by atoms with van der Waals surface area (Å²) in [5.41, 5.74) is 12.4. The Morgan fingerprint density at radius 1 is 0.344 bits per heavy atom. The molecule has 13 rings (SSSR count). The summed E-state index contributed by atoms with van der Waals surface area (Å²) in [5.74, 6) is 2.12. The first-order valence-corrected chi connectivity index (χ1v) is 23.8. The summed E-state index contributed by atoms with van der Waals surface area (Å²) in [6.45, 7) is 9.58. The molecule has 0 saturated heterocycles. The van der Waals surface area contributed by atoms with Crippen molar-refractivity contribution in [3.05, 3.63) is 169 Å². The third kappa shape index (κ3) is 5.26. The van der Waals surface area contributed by atoms with Crippen molar-refractivity contribution in [3.63, 3.8) is 0 Å². The molecule has 64 heavy (non-hydrogen) atoms. The Kier molecular flexibility index (Phi) is 8.08. The molecule has 0 aromatic heterocycles. The van der Waals surface area contributed by atoms with Gasteiger partial charge in [0.15, 0.2) is 0 Å². The highest BCUT2D eigenvalue weighted by atomic mass is 16.5. The fourth-order valence-electron chi connectivity index (χ4n) is 13.1. The molecule has 4 aliphatic rings. The summed E-state index contributed by atoms with van der Waals surface area (Å²) in [6, 6.07) is 60.0. The maximum Gasteiger partial charge on any atom is 0.124 e. The number of fused-ring (bicyclic) bond motifs is 10. The van der Waals surface area contributed by atoms with Gasteiger partial charge < -0.3 is 9.47 Å². The van der Waals surface area contributed by atoms with Crippen LogP contribution in [-0.4, -0.2) is 11.2 Å². The fraction of sp³-hybridized carbons (Fsp3) is 0.258. The summed E-state index contributed by atoms with van der Waals surface area (Å²) in [4.78, 5) is 0. The Hall–Kier alpha value is -6.38. The molecule has 2 nitrogen and oxygen atoms in total. The molecule has 2 aliphatic carbocycles. The SMILES string of the molecule is CC12CCCCC1(C)c1cc(-c3ccc4c(-c5cccc6ccccc56)c5cc(-c6ccc7c(c6)C6(C)CCCCC6(C)O7)ccc5c(-c5cccc6ccccc56)c4c3)ccc1O2. The predicted molar refractivity (Wildman–Crippen MR) is 268 cm³/mol. The van der Waals surface area contributed by atoms with Crippen LogP contribution in [0.5, 0.6) is 11.5 Å². The molecule has 0 radical (unpaired) electrons. The van der Waals surface area contributed by atoms with Gasteiger partial charge in [-0.2, -0.15) is 0 Å². The quantitative estimate of drug-likeness (QED) is 0.165. The molecule has 2 aliphatic heterocycles. The van der Waals surface area contributed by atoms with Crippen molar-refractivity contribution in [1.82, 2.24) is 0 Å². The van der Waals surface area contributed by atoms with Gasteiger partial charge in [0.05, 0.1) is 0 Å². The van der Waals surface area contributed by atoms with Crippen molar-refractivity contribution in [2.75, 3.05) is 0 Å². The molecule has 2 heterocycles. The molecule has 2 heteroatoms. The topological polar surface area (TPSA) is 18.5 Å². The van der Waals surface area contributed by atoms with E-state index in [1.54, 1.807) is 0 Å². The molecule has 0 bridgehead atoms. The summed E-state index contributed by atoms with van der Waals surface area (Å²) in [5, 5.41) is 10.1. The number of benzene rings is 9. The molecule has 314 valence electrons. The maximum atomic E-state index is 6.82. The minimum absolute atomic E-state index is 0.00334. The van der Waals surface area contributed by atoms with Crippen LogP contribution in [0.3, 0.4) is 0 Å². The zero-order chi connectivity index (χ0) is 43.0. The smallest absolute Gasteiger partial charge is 0.124 e. The Morgan fingerprint density at radius 2 is 0.734 bits per heavy atom. The Balaban J connectivity index is 1.10. The second-order valence-electron chi connectivity index (χ2n) is 20.5. The number of hydrogen-bond acceptors (Lipinski definition) is 2. The second kappa shape index (κ2) is 13.6. The largest absolute Gasteiger partial charge is 0.486 e. The number of ether oxygens (including phenoxy) is 2. The van der Waals surface area contributed by atoms with Gasteiger partial charge in [0.1, 0.15) is 22.7 Å². The predicted octanol–water partition coefficient (Wildman–Crippen LogP) is 16.9. The Bertz CT molecular complexity index is 3190. The lowest BCUT2D eigenvalue weighted by Crippen LogP contribution is -2.49. The van der Waals surface area contributed by atoms with Crippen molar-refractivity contribution >= 4 is 43.1 Å². The number of hydrogen-bond donors (Lipinski definition) is 0. The lowest BCUT2D eigenvalue weighted by Gasteiger charge is -2.43. The lowest BCUT2D eigenvalue weighted by molar-refractivity contribution is 0.00727. The minimum Gasteiger partial charge on any atom is -0.486 e. The van der Waals surface area contributed by atoms with E-state index in [1.807, 2.05) is 0 Å². The van der Waals surface area contributed by atoms with E-state index in [2.05, 4.69) is 185 Å². The molecule has 9 aromatic carbocycles. The van der Waals surface area contributed by atoms with Gasteiger partial charge >= 0.3 is 0 Å². The molecule has 4 unspecified atom stereocenters. The van der Waals surface area contributed by atoms with Gasteiger partial charge in [0, 0.05) is 22.0 Å². The van der Waals surface area contributed by atoms with E-state index >= 15 is 0 Å². The highest BCUT2D eigenvalue weighted by molar-refractivity contribution is 6.26. The van der Waals surface area contributed by atoms with E-state index in [-0.39, 0.29) is 22.0 Å². The van der Waals surface area contributed by atoms with Crippen molar-refractivity contribution in [2.45, 2.75) is 101 Å². The van der Waals surface area contributed by atoms with Crippen LogP contribution in [0, 0.1) is 0 Å². The third-order valence-corrected chi connectivity index (χ3v) is 17.2. The van der Waals surface area contributed by atoms with Gasteiger partial charge in [-0.3, -0.25) is 0 Å². The van der Waals surface area contributed by atoms with E-state index in [4.69, 9.17) is 9.47 Å². The first-order valence-electron chi connectivity index (χ1n) is 23.8. The van der Waals surface area contributed by atoms with Gasteiger partial charge in [-0.1, -0.05) is 148 Å². The molecular weight excluding hydrogens is 777 g/mol. The van der Waals surface area contributed by atoms with Crippen molar-refractivity contribution < 1.29 is 9.47 Å². The van der Waals surface area contributed by atoms with Crippen molar-refractivity contribution in [3.8, 4) is 56.0 Å². The van der Waals surface area contributed by atoms with Crippen LogP contribution < -0.4 is 9.47 Å². The first kappa shape index (κ1) is 38.1. The van der Waals surface area contributed by atoms with Crippen molar-refractivity contribution in [1.29, 1.82) is 0 Å². The highest BCUT2D eigenvalue weighted by Crippen LogP contribution is 2.59. The van der Waals surface area contributed by atoms with E-state index in [0.717, 1.165) is 37.2 Å². The molecule has 0 amide bonds. The lowest BCUT2D eigenvalue weighted by atomic mass is 9.63. The van der Waals surface area contributed by atoms with Crippen LogP contribution in [0.4, 0.5) is 0 Å². The molecule has 0 N–H and O–H groups in total. The van der Waals surface area contributed by atoms with Crippen LogP contribution in [0.1, 0.15) is 90.2 Å². The zero-order valence-electron chi connectivity index (χ0n) is 37.5. The van der Waals surface area contributed by atoms with Gasteiger partial charge in [0.2, 0.25) is 0 Å². The van der Waals surface area contributed by atoms with E-state index in [9.17, 15) is 0 Å². The molecule has 4 atom stereocenters. The monoisotopic (exact) mass is 830 g/mol. The second-order valence-corrected chi connectivity index (χ2v) is 20.5. The van der Waals surface area contributed by atoms with E-state index in [1.165, 1.54) is 124 Å². The number of rotatable bonds is 4. The van der Waals surface area contributed by atoms with Crippen LogP contribution in [0.25, 0.3) is 87.6 Å². The zero-order valence-corrected chi connectivity index (χ0v) is 37.5. The Morgan fingerprint density at radius 3 is 1.20 bits per heavy atom. The van der Waals surface area contributed by atoms with Gasteiger partial charge in [0.25, 0.3) is 0 Å². The van der Waals surface area contributed by atoms with E-state index in [0.29, 0.717) is 0 Å². The molecule has 2 fully saturated rings. The van der Waals surface area contributed by atoms with Gasteiger partial charge in [-0.25, -0.2) is 0 Å². The van der Waals surface area contributed by atoms with Crippen molar-refractivity contribution in [2.24, 2.45) is 0 Å². The van der Waals surface area contributed by atoms with Crippen LogP contribution >= 0.6 is 0 Å². The standard InChI is InChI=1S/C62H54O2/c1-59-31-9-11-33-61(59,3)63-55-29-25-43(37-53(55)59)41-23-27-49-51(35-41)57(47-21-13-17-39-15-5-7-19-45(39)47)50-28-24-42(36-52(50)58(49)48-22-14-18-40-16-6-8-20-46(40)48)44-26-30-56-54(38-44)60(2)32-10-12-34-62(60,4)64-56/h5-8,13-30,35-38H,9-12,31-34H2,1-4H3.